The largest absolute Gasteiger partial charge is 0.416 e. The lowest BCUT2D eigenvalue weighted by Gasteiger charge is -2.07. The number of aryl methyl sites for hydroxylation is 1. The van der Waals surface area contributed by atoms with Crippen LogP contribution < -0.4 is 5.32 Å². The van der Waals surface area contributed by atoms with Crippen LogP contribution in [0.3, 0.4) is 0 Å². The van der Waals surface area contributed by atoms with E-state index in [2.05, 4.69) is 15.3 Å². The highest BCUT2D eigenvalue weighted by Gasteiger charge is 2.29. The highest BCUT2D eigenvalue weighted by atomic mass is 32.1. The Morgan fingerprint density at radius 2 is 1.81 bits per heavy atom. The second-order valence-corrected chi connectivity index (χ2v) is 6.57. The van der Waals surface area contributed by atoms with Gasteiger partial charge in [-0.05, 0) is 43.3 Å². The molecule has 0 unspecified atom stereocenters. The number of fused-ring (bicyclic) bond motifs is 1. The van der Waals surface area contributed by atoms with Crippen LogP contribution >= 0.6 is 11.3 Å². The van der Waals surface area contributed by atoms with Gasteiger partial charge in [-0.2, -0.15) is 13.2 Å². The standard InChI is InChI=1S/C18H13F3N4S/c1-11-16(25-9-3-2-4-15(25)22-11)14-10-26-17(24-14)23-13-7-5-12(6-8-13)18(19,20)21/h2-10H,1H3,(H,23,24). The first-order valence-electron chi connectivity index (χ1n) is 7.76. The average molecular weight is 374 g/mol. The quantitative estimate of drug-likeness (QED) is 0.513. The molecule has 4 nitrogen and oxygen atoms in total. The lowest BCUT2D eigenvalue weighted by atomic mass is 10.2. The number of hydrogen-bond donors (Lipinski definition) is 1. The maximum Gasteiger partial charge on any atom is 0.416 e. The number of imidazole rings is 1. The van der Waals surface area contributed by atoms with Crippen molar-refractivity contribution in [1.29, 1.82) is 0 Å². The lowest BCUT2D eigenvalue weighted by molar-refractivity contribution is -0.137. The second-order valence-electron chi connectivity index (χ2n) is 5.71. The normalized spacial score (nSPS) is 11.8. The summed E-state index contributed by atoms with van der Waals surface area (Å²) in [5, 5.41) is 5.54. The highest BCUT2D eigenvalue weighted by molar-refractivity contribution is 7.14. The fraction of sp³-hybridized carbons (Fsp3) is 0.111. The molecule has 132 valence electrons. The number of benzene rings is 1. The fourth-order valence-corrected chi connectivity index (χ4v) is 3.44. The van der Waals surface area contributed by atoms with Crippen LogP contribution in [0.5, 0.6) is 0 Å². The monoisotopic (exact) mass is 374 g/mol. The molecule has 0 saturated heterocycles. The Hall–Kier alpha value is -2.87. The number of pyridine rings is 1. The molecule has 0 aliphatic carbocycles. The summed E-state index contributed by atoms with van der Waals surface area (Å²) in [5.74, 6) is 0. The van der Waals surface area contributed by atoms with E-state index in [0.29, 0.717) is 10.8 Å². The van der Waals surface area contributed by atoms with Crippen molar-refractivity contribution < 1.29 is 13.2 Å². The van der Waals surface area contributed by atoms with Gasteiger partial charge in [-0.3, -0.25) is 4.40 Å². The summed E-state index contributed by atoms with van der Waals surface area (Å²) in [6.07, 6.45) is -2.42. The molecule has 0 fully saturated rings. The first kappa shape index (κ1) is 16.6. The molecule has 0 amide bonds. The predicted molar refractivity (Wildman–Crippen MR) is 95.8 cm³/mol. The number of aromatic nitrogens is 3. The highest BCUT2D eigenvalue weighted by Crippen LogP contribution is 2.32. The molecular weight excluding hydrogens is 361 g/mol. The van der Waals surface area contributed by atoms with Crippen LogP contribution in [0.2, 0.25) is 0 Å². The van der Waals surface area contributed by atoms with Gasteiger partial charge in [0.05, 0.1) is 17.0 Å². The van der Waals surface area contributed by atoms with Crippen molar-refractivity contribution in [2.75, 3.05) is 5.32 Å². The predicted octanol–water partition coefficient (Wildman–Crippen LogP) is 5.53. The molecule has 3 aromatic heterocycles. The zero-order valence-electron chi connectivity index (χ0n) is 13.6. The molecule has 0 spiro atoms. The van der Waals surface area contributed by atoms with Crippen molar-refractivity contribution in [3.63, 3.8) is 0 Å². The average Bonchev–Trinajstić information content (AvgIpc) is 3.17. The van der Waals surface area contributed by atoms with Gasteiger partial charge < -0.3 is 5.32 Å². The minimum atomic E-state index is -4.34. The van der Waals surface area contributed by atoms with E-state index in [-0.39, 0.29) is 0 Å². The van der Waals surface area contributed by atoms with Crippen LogP contribution in [0.4, 0.5) is 24.0 Å². The Balaban J connectivity index is 1.61. The SMILES string of the molecule is Cc1nc2ccccn2c1-c1csc(Nc2ccc(C(F)(F)F)cc2)n1. The smallest absolute Gasteiger partial charge is 0.332 e. The zero-order chi connectivity index (χ0) is 18.3. The number of nitrogens with zero attached hydrogens (tertiary/aromatic N) is 3. The van der Waals surface area contributed by atoms with Crippen molar-refractivity contribution in [3.8, 4) is 11.4 Å². The van der Waals surface area contributed by atoms with Gasteiger partial charge >= 0.3 is 6.18 Å². The number of halogens is 3. The summed E-state index contributed by atoms with van der Waals surface area (Å²) in [6.45, 7) is 1.92. The van der Waals surface area contributed by atoms with E-state index in [1.807, 2.05) is 41.1 Å². The molecule has 0 atom stereocenters. The van der Waals surface area contributed by atoms with E-state index in [0.717, 1.165) is 34.9 Å². The summed E-state index contributed by atoms with van der Waals surface area (Å²) in [4.78, 5) is 9.07. The Labute approximate surface area is 151 Å². The third-order valence-electron chi connectivity index (χ3n) is 3.91. The maximum absolute atomic E-state index is 12.6. The molecule has 0 bridgehead atoms. The minimum absolute atomic E-state index is 0.550. The summed E-state index contributed by atoms with van der Waals surface area (Å²) in [5.41, 5.74) is 3.24. The molecular formula is C18H13F3N4S. The first-order valence-corrected chi connectivity index (χ1v) is 8.63. The second kappa shape index (κ2) is 6.14. The van der Waals surface area contributed by atoms with Crippen molar-refractivity contribution >= 4 is 27.8 Å². The van der Waals surface area contributed by atoms with Crippen molar-refractivity contribution in [1.82, 2.24) is 14.4 Å². The number of rotatable bonds is 3. The lowest BCUT2D eigenvalue weighted by Crippen LogP contribution is -2.04. The number of hydrogen-bond acceptors (Lipinski definition) is 4. The Bertz CT molecular complexity index is 1060. The minimum Gasteiger partial charge on any atom is -0.332 e. The molecule has 3 heterocycles. The van der Waals surface area contributed by atoms with Crippen LogP contribution in [0.1, 0.15) is 11.3 Å². The van der Waals surface area contributed by atoms with E-state index in [9.17, 15) is 13.2 Å². The van der Waals surface area contributed by atoms with Crippen LogP contribution in [0.15, 0.2) is 54.0 Å². The molecule has 8 heteroatoms. The molecule has 0 aliphatic rings. The Morgan fingerprint density at radius 1 is 1.04 bits per heavy atom. The molecule has 0 radical (unpaired) electrons. The molecule has 26 heavy (non-hydrogen) atoms. The fourth-order valence-electron chi connectivity index (χ4n) is 2.73. The molecule has 1 N–H and O–H groups in total. The maximum atomic E-state index is 12.6. The van der Waals surface area contributed by atoms with Gasteiger partial charge in [0.1, 0.15) is 11.3 Å². The van der Waals surface area contributed by atoms with Crippen LogP contribution in [-0.2, 0) is 6.18 Å². The first-order chi connectivity index (χ1) is 12.4. The van der Waals surface area contributed by atoms with Gasteiger partial charge in [0.15, 0.2) is 5.13 Å². The summed E-state index contributed by atoms with van der Waals surface area (Å²) < 4.78 is 39.9. The van der Waals surface area contributed by atoms with Gasteiger partial charge in [-0.1, -0.05) is 6.07 Å². The van der Waals surface area contributed by atoms with Crippen LogP contribution in [-0.4, -0.2) is 14.4 Å². The van der Waals surface area contributed by atoms with Gasteiger partial charge in [0, 0.05) is 17.3 Å². The van der Waals surface area contributed by atoms with E-state index >= 15 is 0 Å². The van der Waals surface area contributed by atoms with Crippen LogP contribution in [0.25, 0.3) is 17.0 Å². The van der Waals surface area contributed by atoms with Crippen molar-refractivity contribution in [2.24, 2.45) is 0 Å². The van der Waals surface area contributed by atoms with Gasteiger partial charge in [-0.25, -0.2) is 9.97 Å². The van der Waals surface area contributed by atoms with E-state index < -0.39 is 11.7 Å². The summed E-state index contributed by atoms with van der Waals surface area (Å²) >= 11 is 1.38. The topological polar surface area (TPSA) is 42.2 Å². The van der Waals surface area contributed by atoms with Gasteiger partial charge in [-0.15, -0.1) is 11.3 Å². The van der Waals surface area contributed by atoms with Crippen LogP contribution in [0, 0.1) is 6.92 Å². The third kappa shape index (κ3) is 3.03. The summed E-state index contributed by atoms with van der Waals surface area (Å²) in [6, 6.07) is 10.6. The Kier molecular flexibility index (Phi) is 3.91. The number of thiazole rings is 1. The molecule has 4 rings (SSSR count). The molecule has 0 saturated carbocycles. The Morgan fingerprint density at radius 3 is 2.54 bits per heavy atom. The van der Waals surface area contributed by atoms with E-state index in [4.69, 9.17) is 0 Å². The third-order valence-corrected chi connectivity index (χ3v) is 4.67. The van der Waals surface area contributed by atoms with Crippen molar-refractivity contribution in [3.05, 3.63) is 65.3 Å². The van der Waals surface area contributed by atoms with E-state index in [1.165, 1.54) is 23.5 Å². The molecule has 1 aromatic carbocycles. The zero-order valence-corrected chi connectivity index (χ0v) is 14.4. The number of anilines is 2. The van der Waals surface area contributed by atoms with Gasteiger partial charge in [0.2, 0.25) is 0 Å². The summed E-state index contributed by atoms with van der Waals surface area (Å²) in [7, 11) is 0. The van der Waals surface area contributed by atoms with Crippen molar-refractivity contribution in [2.45, 2.75) is 13.1 Å². The molecule has 4 aromatic rings. The molecule has 0 aliphatic heterocycles. The van der Waals surface area contributed by atoms with Gasteiger partial charge in [0.25, 0.3) is 0 Å². The van der Waals surface area contributed by atoms with E-state index in [1.54, 1.807) is 0 Å². The number of nitrogens with one attached hydrogen (secondary N) is 1. The number of alkyl halides is 3.